The first-order valence-corrected chi connectivity index (χ1v) is 8.32. The Labute approximate surface area is 149 Å². The maximum absolute atomic E-state index is 12.2. The van der Waals surface area contributed by atoms with Crippen LogP contribution in [-0.4, -0.2) is 41.7 Å². The number of hydrogen-bond donors (Lipinski definition) is 1. The van der Waals surface area contributed by atoms with Crippen LogP contribution in [0.25, 0.3) is 6.08 Å². The number of carbonyl (C=O) groups excluding carboxylic acids is 3. The number of imide groups is 1. The fourth-order valence-corrected chi connectivity index (χ4v) is 2.93. The topological polar surface area (TPSA) is 98.9 Å². The Morgan fingerprint density at radius 2 is 2.08 bits per heavy atom. The van der Waals surface area contributed by atoms with Gasteiger partial charge in [-0.25, -0.2) is 0 Å². The molecule has 1 aliphatic heterocycles. The number of primary amides is 1. The number of amides is 3. The highest BCUT2D eigenvalue weighted by Crippen LogP contribution is 2.34. The van der Waals surface area contributed by atoms with Crippen LogP contribution in [0.1, 0.15) is 12.5 Å². The minimum atomic E-state index is -0.745. The summed E-state index contributed by atoms with van der Waals surface area (Å²) in [5, 5.41) is -0.522. The molecule has 2 N–H and O–H groups in total. The zero-order valence-electron chi connectivity index (χ0n) is 13.7. The molecule has 0 bridgehead atoms. The van der Waals surface area contributed by atoms with E-state index in [2.05, 4.69) is 6.58 Å². The summed E-state index contributed by atoms with van der Waals surface area (Å²) in [5.74, 6) is -0.208. The van der Waals surface area contributed by atoms with Crippen molar-refractivity contribution in [2.45, 2.75) is 6.92 Å². The minimum Gasteiger partial charge on any atom is -0.490 e. The van der Waals surface area contributed by atoms with Crippen LogP contribution >= 0.6 is 11.8 Å². The molecule has 1 fully saturated rings. The van der Waals surface area contributed by atoms with Crippen LogP contribution < -0.4 is 15.2 Å². The maximum atomic E-state index is 12.2. The summed E-state index contributed by atoms with van der Waals surface area (Å²) in [4.78, 5) is 36.0. The van der Waals surface area contributed by atoms with Crippen molar-refractivity contribution in [3.05, 3.63) is 41.3 Å². The van der Waals surface area contributed by atoms with Crippen molar-refractivity contribution >= 4 is 34.9 Å². The zero-order chi connectivity index (χ0) is 18.4. The Balaban J connectivity index is 2.26. The van der Waals surface area contributed by atoms with Gasteiger partial charge in [-0.05, 0) is 42.5 Å². The molecule has 132 valence electrons. The molecule has 3 amide bonds. The molecule has 7 nitrogen and oxygen atoms in total. The number of ether oxygens (including phenoxy) is 2. The van der Waals surface area contributed by atoms with Crippen LogP contribution in [0.2, 0.25) is 0 Å². The van der Waals surface area contributed by atoms with E-state index in [9.17, 15) is 14.4 Å². The molecular weight excluding hydrogens is 344 g/mol. The van der Waals surface area contributed by atoms with Gasteiger partial charge in [0.05, 0.1) is 11.5 Å². The van der Waals surface area contributed by atoms with Gasteiger partial charge < -0.3 is 15.2 Å². The highest BCUT2D eigenvalue weighted by atomic mass is 32.2. The van der Waals surface area contributed by atoms with Gasteiger partial charge in [-0.1, -0.05) is 18.7 Å². The number of carbonyl (C=O) groups is 3. The number of hydrogen-bond acceptors (Lipinski definition) is 6. The Hall–Kier alpha value is -2.74. The van der Waals surface area contributed by atoms with E-state index in [1.165, 1.54) is 0 Å². The normalized spacial score (nSPS) is 15.6. The Kier molecular flexibility index (Phi) is 6.24. The van der Waals surface area contributed by atoms with Crippen molar-refractivity contribution < 1.29 is 23.9 Å². The van der Waals surface area contributed by atoms with Gasteiger partial charge in [0.1, 0.15) is 13.2 Å². The molecule has 1 aliphatic rings. The average Bonchev–Trinajstić information content (AvgIpc) is 2.81. The van der Waals surface area contributed by atoms with Crippen LogP contribution in [0.4, 0.5) is 4.79 Å². The SMILES string of the molecule is C=CCOc1ccc(/C=C2\SC(=O)N(CC(N)=O)C2=O)cc1OCC. The lowest BCUT2D eigenvalue weighted by atomic mass is 10.2. The quantitative estimate of drug-likeness (QED) is 0.562. The first kappa shape index (κ1) is 18.6. The molecule has 0 aromatic heterocycles. The summed E-state index contributed by atoms with van der Waals surface area (Å²) in [6, 6.07) is 5.17. The summed E-state index contributed by atoms with van der Waals surface area (Å²) in [7, 11) is 0. The number of rotatable bonds is 8. The van der Waals surface area contributed by atoms with Gasteiger partial charge in [-0.3, -0.25) is 19.3 Å². The molecule has 0 unspecified atom stereocenters. The zero-order valence-corrected chi connectivity index (χ0v) is 14.5. The summed E-state index contributed by atoms with van der Waals surface area (Å²) >= 11 is 0.761. The summed E-state index contributed by atoms with van der Waals surface area (Å²) in [6.45, 7) is 5.80. The molecule has 0 aliphatic carbocycles. The van der Waals surface area contributed by atoms with E-state index >= 15 is 0 Å². The van der Waals surface area contributed by atoms with Crippen molar-refractivity contribution in [2.24, 2.45) is 5.73 Å². The predicted molar refractivity (Wildman–Crippen MR) is 95.2 cm³/mol. The summed E-state index contributed by atoms with van der Waals surface area (Å²) in [5.41, 5.74) is 5.72. The van der Waals surface area contributed by atoms with Crippen LogP contribution in [0.15, 0.2) is 35.8 Å². The largest absolute Gasteiger partial charge is 0.490 e. The highest BCUT2D eigenvalue weighted by Gasteiger charge is 2.35. The molecule has 1 heterocycles. The maximum Gasteiger partial charge on any atom is 0.294 e. The Morgan fingerprint density at radius 3 is 2.72 bits per heavy atom. The molecule has 25 heavy (non-hydrogen) atoms. The lowest BCUT2D eigenvalue weighted by Crippen LogP contribution is -2.36. The third kappa shape index (κ3) is 4.63. The molecule has 1 saturated heterocycles. The van der Waals surface area contributed by atoms with Crippen LogP contribution in [0, 0.1) is 0 Å². The molecule has 0 spiro atoms. The molecular formula is C17H18N2O5S. The predicted octanol–water partition coefficient (Wildman–Crippen LogP) is 2.17. The van der Waals surface area contributed by atoms with E-state index in [0.29, 0.717) is 30.3 Å². The molecule has 0 saturated carbocycles. The van der Waals surface area contributed by atoms with E-state index < -0.39 is 23.6 Å². The molecule has 0 radical (unpaired) electrons. The van der Waals surface area contributed by atoms with Crippen molar-refractivity contribution in [1.29, 1.82) is 0 Å². The van der Waals surface area contributed by atoms with Gasteiger partial charge in [0.2, 0.25) is 5.91 Å². The molecule has 2 rings (SSSR count). The fraction of sp³-hybridized carbons (Fsp3) is 0.235. The fourth-order valence-electron chi connectivity index (χ4n) is 2.09. The third-order valence-corrected chi connectivity index (χ3v) is 4.02. The Bertz CT molecular complexity index is 745. The van der Waals surface area contributed by atoms with Gasteiger partial charge in [0, 0.05) is 0 Å². The average molecular weight is 362 g/mol. The van der Waals surface area contributed by atoms with Crippen molar-refractivity contribution in [2.75, 3.05) is 19.8 Å². The lowest BCUT2D eigenvalue weighted by Gasteiger charge is -2.11. The minimum absolute atomic E-state index is 0.216. The van der Waals surface area contributed by atoms with E-state index in [4.69, 9.17) is 15.2 Å². The van der Waals surface area contributed by atoms with Crippen molar-refractivity contribution in [3.63, 3.8) is 0 Å². The first-order chi connectivity index (χ1) is 12.0. The molecule has 1 aromatic carbocycles. The van der Waals surface area contributed by atoms with Crippen molar-refractivity contribution in [1.82, 2.24) is 4.90 Å². The number of nitrogens with zero attached hydrogens (tertiary/aromatic N) is 1. The molecule has 0 atom stereocenters. The standard InChI is InChI=1S/C17H18N2O5S/c1-3-7-24-12-6-5-11(8-13(12)23-4-2)9-14-16(21)19(10-15(18)20)17(22)25-14/h3,5-6,8-9H,1,4,7,10H2,2H3,(H2,18,20)/b14-9-. The van der Waals surface area contributed by atoms with E-state index in [1.807, 2.05) is 6.92 Å². The van der Waals surface area contributed by atoms with Crippen LogP contribution in [0.5, 0.6) is 11.5 Å². The monoisotopic (exact) mass is 362 g/mol. The van der Waals surface area contributed by atoms with Crippen LogP contribution in [0.3, 0.4) is 0 Å². The van der Waals surface area contributed by atoms with Crippen LogP contribution in [-0.2, 0) is 9.59 Å². The second kappa shape index (κ2) is 8.39. The summed E-state index contributed by atoms with van der Waals surface area (Å²) in [6.07, 6.45) is 3.18. The molecule has 1 aromatic rings. The second-order valence-electron chi connectivity index (χ2n) is 4.97. The second-order valence-corrected chi connectivity index (χ2v) is 5.97. The molecule has 8 heteroatoms. The van der Waals surface area contributed by atoms with Gasteiger partial charge in [-0.2, -0.15) is 0 Å². The van der Waals surface area contributed by atoms with Crippen molar-refractivity contribution in [3.8, 4) is 11.5 Å². The first-order valence-electron chi connectivity index (χ1n) is 7.50. The van der Waals surface area contributed by atoms with E-state index in [1.54, 1.807) is 30.4 Å². The highest BCUT2D eigenvalue weighted by molar-refractivity contribution is 8.18. The van der Waals surface area contributed by atoms with E-state index in [-0.39, 0.29) is 4.91 Å². The number of thioether (sulfide) groups is 1. The Morgan fingerprint density at radius 1 is 1.32 bits per heavy atom. The van der Waals surface area contributed by atoms with Gasteiger partial charge in [0.25, 0.3) is 11.1 Å². The van der Waals surface area contributed by atoms with E-state index in [0.717, 1.165) is 16.7 Å². The van der Waals surface area contributed by atoms with Gasteiger partial charge in [0.15, 0.2) is 11.5 Å². The lowest BCUT2D eigenvalue weighted by molar-refractivity contribution is -0.127. The number of benzene rings is 1. The van der Waals surface area contributed by atoms with Gasteiger partial charge in [-0.15, -0.1) is 0 Å². The van der Waals surface area contributed by atoms with Gasteiger partial charge >= 0.3 is 0 Å². The third-order valence-electron chi connectivity index (χ3n) is 3.11. The smallest absolute Gasteiger partial charge is 0.294 e. The summed E-state index contributed by atoms with van der Waals surface area (Å²) < 4.78 is 11.1. The number of nitrogens with two attached hydrogens (primary N) is 1.